The maximum absolute atomic E-state index is 13.8. The zero-order valence-corrected chi connectivity index (χ0v) is 17.4. The van der Waals surface area contributed by atoms with E-state index in [0.717, 1.165) is 18.9 Å². The first-order chi connectivity index (χ1) is 13.7. The molecule has 1 amide bonds. The van der Waals surface area contributed by atoms with Gasteiger partial charge >= 0.3 is 0 Å². The monoisotopic (exact) mass is 441 g/mol. The highest BCUT2D eigenvalue weighted by molar-refractivity contribution is 6.43. The molecule has 29 heavy (non-hydrogen) atoms. The van der Waals surface area contributed by atoms with Crippen LogP contribution in [0.2, 0.25) is 10.0 Å². The number of pyridine rings is 1. The van der Waals surface area contributed by atoms with Crippen molar-refractivity contribution in [3.05, 3.63) is 45.3 Å². The van der Waals surface area contributed by atoms with Gasteiger partial charge in [0.15, 0.2) is 0 Å². The van der Waals surface area contributed by atoms with Gasteiger partial charge < -0.3 is 21.3 Å². The first kappa shape index (κ1) is 21.8. The molecule has 9 heteroatoms. The van der Waals surface area contributed by atoms with E-state index in [2.05, 4.69) is 4.98 Å². The number of hydrogen-bond donors (Lipinski definition) is 3. The molecule has 1 aromatic carbocycles. The van der Waals surface area contributed by atoms with Crippen molar-refractivity contribution in [1.29, 1.82) is 0 Å². The Morgan fingerprint density at radius 1 is 1.38 bits per heavy atom. The van der Waals surface area contributed by atoms with E-state index in [1.807, 2.05) is 0 Å². The first-order valence-corrected chi connectivity index (χ1v) is 10.00. The van der Waals surface area contributed by atoms with Crippen LogP contribution in [0, 0.1) is 11.7 Å². The third-order valence-electron chi connectivity index (χ3n) is 5.00. The van der Waals surface area contributed by atoms with Gasteiger partial charge in [-0.1, -0.05) is 23.2 Å². The lowest BCUT2D eigenvalue weighted by Crippen LogP contribution is -2.38. The van der Waals surface area contributed by atoms with Gasteiger partial charge in [0.25, 0.3) is 0 Å². The van der Waals surface area contributed by atoms with Crippen molar-refractivity contribution in [3.8, 4) is 17.0 Å². The molecule has 6 nitrogen and oxygen atoms in total. The summed E-state index contributed by atoms with van der Waals surface area (Å²) in [5.74, 6) is -1.03. The van der Waals surface area contributed by atoms with E-state index < -0.39 is 17.3 Å². The number of benzene rings is 1. The molecule has 1 aliphatic carbocycles. The largest absolute Gasteiger partial charge is 0.491 e. The van der Waals surface area contributed by atoms with E-state index in [1.165, 1.54) is 6.07 Å². The maximum atomic E-state index is 13.8. The molecule has 0 unspecified atom stereocenters. The molecule has 0 bridgehead atoms. The number of nitrogens with zero attached hydrogens (tertiary/aromatic N) is 1. The number of ether oxygens (including phenoxy) is 1. The van der Waals surface area contributed by atoms with Gasteiger partial charge in [-0.25, -0.2) is 9.37 Å². The number of primary amides is 1. The van der Waals surface area contributed by atoms with Crippen LogP contribution in [0.25, 0.3) is 11.3 Å². The van der Waals surface area contributed by atoms with Crippen LogP contribution in [0.3, 0.4) is 0 Å². The number of carbonyl (C=O) groups is 1. The Morgan fingerprint density at radius 2 is 2.07 bits per heavy atom. The summed E-state index contributed by atoms with van der Waals surface area (Å²) in [6.07, 6.45) is 1.48. The minimum atomic E-state index is -1.37. The number of amides is 1. The highest BCUT2D eigenvalue weighted by atomic mass is 35.5. The number of hydrogen-bond acceptors (Lipinski definition) is 5. The highest BCUT2D eigenvalue weighted by Gasteiger charge is 2.46. The standard InChI is InChI=1S/C20H22Cl2FN3O3/c1-2-29-19-10(8-15(25)27)7-14(20(28,9-24)11-3-4-11)26-18(19)12-5-6-13(23)17(22)16(12)21/h5-7,11,28H,2-4,8-9,24H2,1H3,(H2,25,27)/t20-/m1/s1. The van der Waals surface area contributed by atoms with Crippen molar-refractivity contribution in [1.82, 2.24) is 4.98 Å². The summed E-state index contributed by atoms with van der Waals surface area (Å²) in [4.78, 5) is 16.3. The lowest BCUT2D eigenvalue weighted by molar-refractivity contribution is -0.117. The molecule has 0 aliphatic heterocycles. The molecule has 1 aromatic heterocycles. The second-order valence-electron chi connectivity index (χ2n) is 7.05. The number of nitrogens with two attached hydrogens (primary N) is 2. The summed E-state index contributed by atoms with van der Waals surface area (Å²) in [6.45, 7) is 1.99. The normalized spacial score (nSPS) is 15.8. The molecular formula is C20H22Cl2FN3O3. The van der Waals surface area contributed by atoms with Gasteiger partial charge in [0.05, 0.1) is 28.8 Å². The van der Waals surface area contributed by atoms with Crippen LogP contribution in [0.1, 0.15) is 31.0 Å². The van der Waals surface area contributed by atoms with Crippen molar-refractivity contribution in [2.24, 2.45) is 17.4 Å². The van der Waals surface area contributed by atoms with Crippen molar-refractivity contribution in [2.75, 3.05) is 13.2 Å². The summed E-state index contributed by atoms with van der Waals surface area (Å²) >= 11 is 12.3. The molecule has 1 saturated carbocycles. The molecule has 0 saturated heterocycles. The fraction of sp³-hybridized carbons (Fsp3) is 0.400. The predicted octanol–water partition coefficient (Wildman–Crippen LogP) is 3.18. The molecule has 156 valence electrons. The van der Waals surface area contributed by atoms with Gasteiger partial charge in [-0.15, -0.1) is 0 Å². The van der Waals surface area contributed by atoms with Gasteiger partial charge in [-0.2, -0.15) is 0 Å². The fourth-order valence-electron chi connectivity index (χ4n) is 3.36. The Morgan fingerprint density at radius 3 is 2.62 bits per heavy atom. The van der Waals surface area contributed by atoms with Crippen molar-refractivity contribution in [2.45, 2.75) is 31.8 Å². The summed E-state index contributed by atoms with van der Waals surface area (Å²) < 4.78 is 19.6. The van der Waals surface area contributed by atoms with Crippen molar-refractivity contribution >= 4 is 29.1 Å². The van der Waals surface area contributed by atoms with Gasteiger partial charge in [0, 0.05) is 17.7 Å². The van der Waals surface area contributed by atoms with E-state index in [9.17, 15) is 14.3 Å². The van der Waals surface area contributed by atoms with Crippen LogP contribution in [-0.2, 0) is 16.8 Å². The van der Waals surface area contributed by atoms with Gasteiger partial charge in [-0.05, 0) is 43.9 Å². The molecule has 2 aromatic rings. The van der Waals surface area contributed by atoms with E-state index in [1.54, 1.807) is 13.0 Å². The number of rotatable bonds is 8. The van der Waals surface area contributed by atoms with Crippen LogP contribution in [-0.4, -0.2) is 29.1 Å². The summed E-state index contributed by atoms with van der Waals surface area (Å²) in [5, 5.41) is 10.9. The Labute approximate surface area is 178 Å². The zero-order chi connectivity index (χ0) is 21.3. The molecule has 5 N–H and O–H groups in total. The molecule has 0 spiro atoms. The maximum Gasteiger partial charge on any atom is 0.221 e. The first-order valence-electron chi connectivity index (χ1n) is 9.24. The Bertz CT molecular complexity index is 953. The number of carbonyl (C=O) groups excluding carboxylic acids is 1. The lowest BCUT2D eigenvalue weighted by atomic mass is 9.90. The van der Waals surface area contributed by atoms with Crippen LogP contribution < -0.4 is 16.2 Å². The second kappa shape index (κ2) is 8.44. The van der Waals surface area contributed by atoms with Crippen LogP contribution in [0.4, 0.5) is 4.39 Å². The molecule has 1 aliphatic rings. The Balaban J connectivity index is 2.31. The molecule has 0 radical (unpaired) electrons. The van der Waals surface area contributed by atoms with Crippen molar-refractivity contribution < 1.29 is 19.0 Å². The minimum Gasteiger partial charge on any atom is -0.491 e. The second-order valence-corrected chi connectivity index (χ2v) is 7.80. The number of halogens is 3. The van der Waals surface area contributed by atoms with Crippen LogP contribution in [0.15, 0.2) is 18.2 Å². The minimum absolute atomic E-state index is 0.0421. The number of aromatic nitrogens is 1. The summed E-state index contributed by atoms with van der Waals surface area (Å²) in [7, 11) is 0. The number of aliphatic hydroxyl groups is 1. The van der Waals surface area contributed by atoms with E-state index >= 15 is 0 Å². The van der Waals surface area contributed by atoms with E-state index in [-0.39, 0.29) is 52.7 Å². The van der Waals surface area contributed by atoms with E-state index in [4.69, 9.17) is 39.4 Å². The average molecular weight is 442 g/mol. The van der Waals surface area contributed by atoms with Gasteiger partial charge in [0.1, 0.15) is 22.9 Å². The average Bonchev–Trinajstić information content (AvgIpc) is 3.52. The van der Waals surface area contributed by atoms with Crippen LogP contribution in [0.5, 0.6) is 5.75 Å². The van der Waals surface area contributed by atoms with Gasteiger partial charge in [0.2, 0.25) is 5.91 Å². The highest BCUT2D eigenvalue weighted by Crippen LogP contribution is 2.47. The topological polar surface area (TPSA) is 111 Å². The fourth-order valence-corrected chi connectivity index (χ4v) is 3.77. The SMILES string of the molecule is CCOc1c(CC(N)=O)cc([C@@](O)(CN)C2CC2)nc1-c1ccc(F)c(Cl)c1Cl. The molecule has 3 rings (SSSR count). The van der Waals surface area contributed by atoms with Crippen LogP contribution >= 0.6 is 23.2 Å². The molecule has 1 atom stereocenters. The van der Waals surface area contributed by atoms with Gasteiger partial charge in [-0.3, -0.25) is 4.79 Å². The molecule has 1 heterocycles. The third-order valence-corrected chi connectivity index (χ3v) is 5.86. The van der Waals surface area contributed by atoms with Crippen molar-refractivity contribution in [3.63, 3.8) is 0 Å². The smallest absolute Gasteiger partial charge is 0.221 e. The summed E-state index contributed by atoms with van der Waals surface area (Å²) in [5.41, 5.74) is 11.2. The third kappa shape index (κ3) is 4.19. The zero-order valence-electron chi connectivity index (χ0n) is 15.8. The summed E-state index contributed by atoms with van der Waals surface area (Å²) in [6, 6.07) is 4.17. The molecule has 1 fully saturated rings. The Hall–Kier alpha value is -1.93. The van der Waals surface area contributed by atoms with E-state index in [0.29, 0.717) is 11.1 Å². The predicted molar refractivity (Wildman–Crippen MR) is 109 cm³/mol. The quantitative estimate of drug-likeness (QED) is 0.544. The molecular weight excluding hydrogens is 420 g/mol. The Kier molecular flexibility index (Phi) is 6.33. The lowest BCUT2D eigenvalue weighted by Gasteiger charge is -2.28.